The molecule has 0 unspecified atom stereocenters. The molecule has 1 aromatic heterocycles. The van der Waals surface area contributed by atoms with E-state index < -0.39 is 0 Å². The third kappa shape index (κ3) is 3.08. The number of benzene rings is 2. The zero-order valence-corrected chi connectivity index (χ0v) is 13.9. The van der Waals surface area contributed by atoms with Crippen LogP contribution in [0.5, 0.6) is 0 Å². The Bertz CT molecular complexity index is 921. The summed E-state index contributed by atoms with van der Waals surface area (Å²) in [6.45, 7) is 2.72. The van der Waals surface area contributed by atoms with Crippen LogP contribution >= 0.6 is 0 Å². The number of fused-ring (bicyclic) bond motifs is 1. The zero-order valence-electron chi connectivity index (χ0n) is 13.9. The maximum absolute atomic E-state index is 12.7. The van der Waals surface area contributed by atoms with Crippen molar-refractivity contribution >= 4 is 23.1 Å². The minimum absolute atomic E-state index is 0.112. The lowest BCUT2D eigenvalue weighted by Gasteiger charge is -2.16. The first-order valence-corrected chi connectivity index (χ1v) is 8.28. The molecule has 25 heavy (non-hydrogen) atoms. The Labute approximate surface area is 146 Å². The van der Waals surface area contributed by atoms with Crippen LogP contribution in [-0.4, -0.2) is 22.6 Å². The standard InChI is InChI=1S/C20H18N4O/c1-14-5-4-7-16(13-14)21-19-10-9-17(22-23-19)20(25)24-12-11-15-6-2-3-8-18(15)24/h2-10,13H,11-12H2,1H3,(H,21,23). The van der Waals surface area contributed by atoms with Gasteiger partial charge in [-0.2, -0.15) is 0 Å². The van der Waals surface area contributed by atoms with Crippen molar-refractivity contribution in [1.82, 2.24) is 10.2 Å². The van der Waals surface area contributed by atoms with Gasteiger partial charge in [0.1, 0.15) is 0 Å². The summed E-state index contributed by atoms with van der Waals surface area (Å²) in [5, 5.41) is 11.5. The fourth-order valence-electron chi connectivity index (χ4n) is 3.07. The molecule has 0 fully saturated rings. The Morgan fingerprint density at radius 2 is 1.92 bits per heavy atom. The fraction of sp³-hybridized carbons (Fsp3) is 0.150. The number of para-hydroxylation sites is 1. The molecule has 1 aliphatic heterocycles. The monoisotopic (exact) mass is 330 g/mol. The molecule has 0 aliphatic carbocycles. The SMILES string of the molecule is Cc1cccc(Nc2ccc(C(=O)N3CCc4ccccc43)nn2)c1. The lowest BCUT2D eigenvalue weighted by molar-refractivity contribution is 0.0983. The first-order chi connectivity index (χ1) is 12.2. The Morgan fingerprint density at radius 1 is 1.04 bits per heavy atom. The van der Waals surface area contributed by atoms with E-state index in [4.69, 9.17) is 0 Å². The number of carbonyl (C=O) groups excluding carboxylic acids is 1. The second kappa shape index (κ2) is 6.36. The van der Waals surface area contributed by atoms with Crippen LogP contribution in [0.1, 0.15) is 21.6 Å². The van der Waals surface area contributed by atoms with Gasteiger partial charge in [0, 0.05) is 17.9 Å². The van der Waals surface area contributed by atoms with Crippen LogP contribution in [0, 0.1) is 6.92 Å². The van der Waals surface area contributed by atoms with E-state index in [1.807, 2.05) is 49.4 Å². The fourth-order valence-corrected chi connectivity index (χ4v) is 3.07. The molecule has 0 radical (unpaired) electrons. The topological polar surface area (TPSA) is 58.1 Å². The summed E-state index contributed by atoms with van der Waals surface area (Å²) >= 11 is 0. The summed E-state index contributed by atoms with van der Waals surface area (Å²) in [6.07, 6.45) is 0.877. The lowest BCUT2D eigenvalue weighted by Crippen LogP contribution is -2.29. The Balaban J connectivity index is 1.52. The third-order valence-electron chi connectivity index (χ3n) is 4.31. The van der Waals surface area contributed by atoms with Crippen LogP contribution in [0.2, 0.25) is 0 Å². The van der Waals surface area contributed by atoms with E-state index in [9.17, 15) is 4.79 Å². The Hall–Kier alpha value is -3.21. The molecule has 124 valence electrons. The van der Waals surface area contributed by atoms with Crippen molar-refractivity contribution in [3.8, 4) is 0 Å². The van der Waals surface area contributed by atoms with Gasteiger partial charge in [0.25, 0.3) is 5.91 Å². The number of hydrogen-bond acceptors (Lipinski definition) is 4. The van der Waals surface area contributed by atoms with Gasteiger partial charge in [-0.3, -0.25) is 4.79 Å². The van der Waals surface area contributed by atoms with E-state index in [-0.39, 0.29) is 5.91 Å². The molecule has 2 aromatic carbocycles. The zero-order chi connectivity index (χ0) is 17.2. The number of aromatic nitrogens is 2. The third-order valence-corrected chi connectivity index (χ3v) is 4.31. The van der Waals surface area contributed by atoms with Gasteiger partial charge in [0.05, 0.1) is 0 Å². The van der Waals surface area contributed by atoms with Gasteiger partial charge in [-0.15, -0.1) is 10.2 Å². The van der Waals surface area contributed by atoms with E-state index in [0.717, 1.165) is 23.4 Å². The number of aryl methyl sites for hydroxylation is 1. The quantitative estimate of drug-likeness (QED) is 0.795. The summed E-state index contributed by atoms with van der Waals surface area (Å²) < 4.78 is 0. The lowest BCUT2D eigenvalue weighted by atomic mass is 10.2. The molecule has 1 N–H and O–H groups in total. The minimum Gasteiger partial charge on any atom is -0.339 e. The smallest absolute Gasteiger partial charge is 0.278 e. The molecule has 5 heteroatoms. The number of amides is 1. The largest absolute Gasteiger partial charge is 0.339 e. The Kier molecular flexibility index (Phi) is 3.90. The second-order valence-corrected chi connectivity index (χ2v) is 6.13. The predicted octanol–water partition coefficient (Wildman–Crippen LogP) is 3.73. The van der Waals surface area contributed by atoms with Crippen LogP contribution < -0.4 is 10.2 Å². The van der Waals surface area contributed by atoms with Crippen molar-refractivity contribution in [3.05, 3.63) is 77.5 Å². The number of rotatable bonds is 3. The van der Waals surface area contributed by atoms with Crippen LogP contribution in [-0.2, 0) is 6.42 Å². The molecule has 0 atom stereocenters. The van der Waals surface area contributed by atoms with Gasteiger partial charge in [-0.05, 0) is 54.8 Å². The van der Waals surface area contributed by atoms with Gasteiger partial charge >= 0.3 is 0 Å². The molecule has 4 rings (SSSR count). The second-order valence-electron chi connectivity index (χ2n) is 6.13. The van der Waals surface area contributed by atoms with Crippen molar-refractivity contribution in [1.29, 1.82) is 0 Å². The predicted molar refractivity (Wildman–Crippen MR) is 98.3 cm³/mol. The molecule has 1 amide bonds. The van der Waals surface area contributed by atoms with E-state index in [1.165, 1.54) is 5.56 Å². The van der Waals surface area contributed by atoms with E-state index in [0.29, 0.717) is 18.1 Å². The molecule has 3 aromatic rings. The maximum Gasteiger partial charge on any atom is 0.278 e. The summed E-state index contributed by atoms with van der Waals surface area (Å²) in [6, 6.07) is 19.5. The number of anilines is 3. The summed E-state index contributed by atoms with van der Waals surface area (Å²) in [4.78, 5) is 14.5. The van der Waals surface area contributed by atoms with E-state index >= 15 is 0 Å². The summed E-state index contributed by atoms with van der Waals surface area (Å²) in [7, 11) is 0. The Morgan fingerprint density at radius 3 is 2.72 bits per heavy atom. The number of nitrogens with one attached hydrogen (secondary N) is 1. The number of nitrogens with zero attached hydrogens (tertiary/aromatic N) is 3. The minimum atomic E-state index is -0.112. The van der Waals surface area contributed by atoms with Gasteiger partial charge in [-0.1, -0.05) is 30.3 Å². The van der Waals surface area contributed by atoms with Crippen LogP contribution in [0.3, 0.4) is 0 Å². The van der Waals surface area contributed by atoms with Crippen molar-refractivity contribution < 1.29 is 4.79 Å². The van der Waals surface area contributed by atoms with Crippen LogP contribution in [0.15, 0.2) is 60.7 Å². The normalized spacial score (nSPS) is 12.8. The maximum atomic E-state index is 12.7. The van der Waals surface area contributed by atoms with Gasteiger partial charge < -0.3 is 10.2 Å². The van der Waals surface area contributed by atoms with Crippen molar-refractivity contribution in [2.75, 3.05) is 16.8 Å². The van der Waals surface area contributed by atoms with Crippen LogP contribution in [0.25, 0.3) is 0 Å². The highest BCUT2D eigenvalue weighted by molar-refractivity contribution is 6.06. The first kappa shape index (κ1) is 15.3. The highest BCUT2D eigenvalue weighted by Gasteiger charge is 2.26. The highest BCUT2D eigenvalue weighted by atomic mass is 16.2. The molecule has 0 saturated heterocycles. The van der Waals surface area contributed by atoms with E-state index in [1.54, 1.807) is 17.0 Å². The van der Waals surface area contributed by atoms with Gasteiger partial charge in [0.15, 0.2) is 11.5 Å². The number of carbonyl (C=O) groups is 1. The molecular weight excluding hydrogens is 312 g/mol. The average Bonchev–Trinajstić information content (AvgIpc) is 3.06. The van der Waals surface area contributed by atoms with Crippen LogP contribution in [0.4, 0.5) is 17.2 Å². The molecular formula is C20H18N4O. The van der Waals surface area contributed by atoms with E-state index in [2.05, 4.69) is 21.6 Å². The summed E-state index contributed by atoms with van der Waals surface area (Å²) in [5.74, 6) is 0.503. The average molecular weight is 330 g/mol. The molecule has 5 nitrogen and oxygen atoms in total. The molecule has 1 aliphatic rings. The molecule has 0 bridgehead atoms. The first-order valence-electron chi connectivity index (χ1n) is 8.28. The van der Waals surface area contributed by atoms with Gasteiger partial charge in [0.2, 0.25) is 0 Å². The molecule has 0 saturated carbocycles. The summed E-state index contributed by atoms with van der Waals surface area (Å²) in [5.41, 5.74) is 4.63. The highest BCUT2D eigenvalue weighted by Crippen LogP contribution is 2.28. The molecule has 2 heterocycles. The molecule has 0 spiro atoms. The van der Waals surface area contributed by atoms with Crippen molar-refractivity contribution in [2.24, 2.45) is 0 Å². The van der Waals surface area contributed by atoms with Crippen molar-refractivity contribution in [3.63, 3.8) is 0 Å². The number of hydrogen-bond donors (Lipinski definition) is 1. The van der Waals surface area contributed by atoms with Crippen molar-refractivity contribution in [2.45, 2.75) is 13.3 Å². The van der Waals surface area contributed by atoms with Gasteiger partial charge in [-0.25, -0.2) is 0 Å².